The first-order chi connectivity index (χ1) is 14.3. The summed E-state index contributed by atoms with van der Waals surface area (Å²) in [5, 5.41) is 2.95. The SMILES string of the molecule is O=C(Nc1ccc2c(c1)OCCO2)N1CCN(c2ccc3c(c2)OCCO3)CC1. The van der Waals surface area contributed by atoms with E-state index < -0.39 is 0 Å². The van der Waals surface area contributed by atoms with Gasteiger partial charge in [-0.3, -0.25) is 0 Å². The maximum Gasteiger partial charge on any atom is 0.321 e. The molecule has 2 aromatic rings. The normalized spacial score (nSPS) is 17.7. The van der Waals surface area contributed by atoms with Crippen LogP contribution in [0.3, 0.4) is 0 Å². The van der Waals surface area contributed by atoms with Crippen molar-refractivity contribution in [2.45, 2.75) is 0 Å². The minimum atomic E-state index is -0.108. The van der Waals surface area contributed by atoms with Crippen molar-refractivity contribution in [2.24, 2.45) is 0 Å². The second-order valence-corrected chi connectivity index (χ2v) is 7.09. The van der Waals surface area contributed by atoms with E-state index in [4.69, 9.17) is 18.9 Å². The van der Waals surface area contributed by atoms with Crippen molar-refractivity contribution in [1.82, 2.24) is 4.90 Å². The zero-order chi connectivity index (χ0) is 19.6. The zero-order valence-electron chi connectivity index (χ0n) is 16.1. The molecule has 1 N–H and O–H groups in total. The third-order valence-corrected chi connectivity index (χ3v) is 5.25. The Morgan fingerprint density at radius 3 is 2.00 bits per heavy atom. The number of anilines is 2. The zero-order valence-corrected chi connectivity index (χ0v) is 16.1. The molecule has 0 aromatic heterocycles. The molecule has 0 bridgehead atoms. The molecule has 0 unspecified atom stereocenters. The lowest BCUT2D eigenvalue weighted by Crippen LogP contribution is -2.50. The lowest BCUT2D eigenvalue weighted by Gasteiger charge is -2.36. The molecular weight excluding hydrogens is 374 g/mol. The highest BCUT2D eigenvalue weighted by Crippen LogP contribution is 2.35. The molecule has 8 heteroatoms. The summed E-state index contributed by atoms with van der Waals surface area (Å²) in [5.41, 5.74) is 1.79. The minimum absolute atomic E-state index is 0.108. The first kappa shape index (κ1) is 17.8. The maximum atomic E-state index is 12.7. The van der Waals surface area contributed by atoms with E-state index in [0.29, 0.717) is 56.7 Å². The summed E-state index contributed by atoms with van der Waals surface area (Å²) >= 11 is 0. The van der Waals surface area contributed by atoms with Crippen molar-refractivity contribution < 1.29 is 23.7 Å². The number of carbonyl (C=O) groups is 1. The Bertz CT molecular complexity index is 911. The number of ether oxygens (including phenoxy) is 4. The molecular formula is C21H23N3O5. The Morgan fingerprint density at radius 1 is 0.724 bits per heavy atom. The number of hydrogen-bond donors (Lipinski definition) is 1. The fourth-order valence-corrected chi connectivity index (χ4v) is 3.72. The van der Waals surface area contributed by atoms with Gasteiger partial charge in [0.15, 0.2) is 23.0 Å². The maximum absolute atomic E-state index is 12.7. The first-order valence-electron chi connectivity index (χ1n) is 9.86. The van der Waals surface area contributed by atoms with Gasteiger partial charge in [-0.1, -0.05) is 0 Å². The first-order valence-corrected chi connectivity index (χ1v) is 9.86. The average Bonchev–Trinajstić information content (AvgIpc) is 2.79. The van der Waals surface area contributed by atoms with Crippen LogP contribution in [0.4, 0.5) is 16.2 Å². The number of amides is 2. The van der Waals surface area contributed by atoms with Crippen LogP contribution in [0.25, 0.3) is 0 Å². The third-order valence-electron chi connectivity index (χ3n) is 5.25. The highest BCUT2D eigenvalue weighted by Gasteiger charge is 2.23. The van der Waals surface area contributed by atoms with Crippen molar-refractivity contribution in [2.75, 3.05) is 62.8 Å². The van der Waals surface area contributed by atoms with Gasteiger partial charge < -0.3 is 34.1 Å². The van der Waals surface area contributed by atoms with Crippen LogP contribution >= 0.6 is 0 Å². The number of hydrogen-bond acceptors (Lipinski definition) is 6. The molecule has 2 aromatic carbocycles. The molecule has 2 amide bonds. The van der Waals surface area contributed by atoms with E-state index in [0.717, 1.165) is 30.3 Å². The number of rotatable bonds is 2. The molecule has 1 fully saturated rings. The van der Waals surface area contributed by atoms with Crippen LogP contribution < -0.4 is 29.2 Å². The quantitative estimate of drug-likeness (QED) is 0.840. The fraction of sp³-hybridized carbons (Fsp3) is 0.381. The summed E-state index contributed by atoms with van der Waals surface area (Å²) in [6, 6.07) is 11.4. The number of urea groups is 1. The molecule has 1 saturated heterocycles. The van der Waals surface area contributed by atoms with E-state index in [1.54, 1.807) is 6.07 Å². The summed E-state index contributed by atoms with van der Waals surface area (Å²) in [4.78, 5) is 16.7. The van der Waals surface area contributed by atoms with Gasteiger partial charge in [0.1, 0.15) is 26.4 Å². The van der Waals surface area contributed by atoms with Gasteiger partial charge in [-0.05, 0) is 24.3 Å². The van der Waals surface area contributed by atoms with Crippen LogP contribution in [0.15, 0.2) is 36.4 Å². The van der Waals surface area contributed by atoms with Crippen molar-refractivity contribution in [3.8, 4) is 23.0 Å². The van der Waals surface area contributed by atoms with Gasteiger partial charge in [0.2, 0.25) is 0 Å². The number of piperazine rings is 1. The summed E-state index contributed by atoms with van der Waals surface area (Å²) in [5.74, 6) is 2.95. The molecule has 152 valence electrons. The fourth-order valence-electron chi connectivity index (χ4n) is 3.72. The van der Waals surface area contributed by atoms with E-state index in [2.05, 4.69) is 10.2 Å². The van der Waals surface area contributed by atoms with Crippen molar-refractivity contribution in [3.63, 3.8) is 0 Å². The summed E-state index contributed by atoms with van der Waals surface area (Å²) < 4.78 is 22.4. The number of nitrogens with zero attached hydrogens (tertiary/aromatic N) is 2. The number of nitrogens with one attached hydrogen (secondary N) is 1. The minimum Gasteiger partial charge on any atom is -0.486 e. The Hall–Kier alpha value is -3.29. The molecule has 3 aliphatic rings. The van der Waals surface area contributed by atoms with Gasteiger partial charge in [0.05, 0.1) is 0 Å². The second-order valence-electron chi connectivity index (χ2n) is 7.09. The largest absolute Gasteiger partial charge is 0.486 e. The van der Waals surface area contributed by atoms with Crippen molar-refractivity contribution >= 4 is 17.4 Å². The molecule has 0 atom stereocenters. The number of fused-ring (bicyclic) bond motifs is 2. The number of carbonyl (C=O) groups excluding carboxylic acids is 1. The molecule has 5 rings (SSSR count). The van der Waals surface area contributed by atoms with E-state index in [9.17, 15) is 4.79 Å². The van der Waals surface area contributed by atoms with Gasteiger partial charge in [0, 0.05) is 49.7 Å². The van der Waals surface area contributed by atoms with Crippen LogP contribution in [0.1, 0.15) is 0 Å². The van der Waals surface area contributed by atoms with Crippen LogP contribution in [-0.2, 0) is 0 Å². The lowest BCUT2D eigenvalue weighted by molar-refractivity contribution is 0.171. The van der Waals surface area contributed by atoms with Crippen molar-refractivity contribution in [3.05, 3.63) is 36.4 Å². The Balaban J connectivity index is 1.19. The average molecular weight is 397 g/mol. The molecule has 0 aliphatic carbocycles. The topological polar surface area (TPSA) is 72.5 Å². The second kappa shape index (κ2) is 7.62. The highest BCUT2D eigenvalue weighted by molar-refractivity contribution is 5.90. The third kappa shape index (κ3) is 3.70. The molecule has 0 spiro atoms. The molecule has 3 aliphatic heterocycles. The van der Waals surface area contributed by atoms with Crippen LogP contribution in [0.2, 0.25) is 0 Å². The van der Waals surface area contributed by atoms with Crippen LogP contribution in [0, 0.1) is 0 Å². The van der Waals surface area contributed by atoms with Crippen molar-refractivity contribution in [1.29, 1.82) is 0 Å². The number of benzene rings is 2. The van der Waals surface area contributed by atoms with Crippen LogP contribution in [-0.4, -0.2) is 63.5 Å². The van der Waals surface area contributed by atoms with Gasteiger partial charge in [-0.15, -0.1) is 0 Å². The van der Waals surface area contributed by atoms with Crippen LogP contribution in [0.5, 0.6) is 23.0 Å². The Labute approximate surface area is 168 Å². The highest BCUT2D eigenvalue weighted by atomic mass is 16.6. The van der Waals surface area contributed by atoms with E-state index >= 15 is 0 Å². The Kier molecular flexibility index (Phi) is 4.67. The monoisotopic (exact) mass is 397 g/mol. The predicted molar refractivity (Wildman–Crippen MR) is 108 cm³/mol. The lowest BCUT2D eigenvalue weighted by atomic mass is 10.2. The predicted octanol–water partition coefficient (Wildman–Crippen LogP) is 2.58. The molecule has 8 nitrogen and oxygen atoms in total. The van der Waals surface area contributed by atoms with E-state index in [1.807, 2.05) is 35.2 Å². The van der Waals surface area contributed by atoms with E-state index in [1.165, 1.54) is 0 Å². The molecule has 29 heavy (non-hydrogen) atoms. The van der Waals surface area contributed by atoms with Gasteiger partial charge in [0.25, 0.3) is 0 Å². The van der Waals surface area contributed by atoms with Gasteiger partial charge in [-0.2, -0.15) is 0 Å². The summed E-state index contributed by atoms with van der Waals surface area (Å²) in [6.07, 6.45) is 0. The summed E-state index contributed by atoms with van der Waals surface area (Å²) in [6.45, 7) is 5.03. The molecule has 0 saturated carbocycles. The molecule has 0 radical (unpaired) electrons. The summed E-state index contributed by atoms with van der Waals surface area (Å²) in [7, 11) is 0. The van der Waals surface area contributed by atoms with Gasteiger partial charge in [-0.25, -0.2) is 4.79 Å². The van der Waals surface area contributed by atoms with E-state index in [-0.39, 0.29) is 6.03 Å². The molecule has 3 heterocycles. The Morgan fingerprint density at radius 2 is 1.31 bits per heavy atom. The van der Waals surface area contributed by atoms with Gasteiger partial charge >= 0.3 is 6.03 Å². The smallest absolute Gasteiger partial charge is 0.321 e. The standard InChI is InChI=1S/C21H23N3O5/c25-21(22-15-1-3-17-19(13-15)28-11-9-26-17)24-7-5-23(6-8-24)16-2-4-18-20(14-16)29-12-10-27-18/h1-4,13-14H,5-12H2,(H,22,25).